The average molecular weight is 310 g/mol. The molecule has 112 valence electrons. The van der Waals surface area contributed by atoms with Crippen molar-refractivity contribution in [1.82, 2.24) is 9.97 Å². The van der Waals surface area contributed by atoms with E-state index in [1.165, 1.54) is 12.1 Å². The maximum atomic E-state index is 13.1. The largest absolute Gasteiger partial charge is 0.370 e. The van der Waals surface area contributed by atoms with E-state index in [0.29, 0.717) is 18.2 Å². The number of benzene rings is 1. The van der Waals surface area contributed by atoms with Gasteiger partial charge in [0.15, 0.2) is 0 Å². The molecule has 0 aliphatic rings. The van der Waals surface area contributed by atoms with Crippen LogP contribution in [-0.4, -0.2) is 23.1 Å². The number of rotatable bonds is 6. The third-order valence-corrected chi connectivity index (χ3v) is 3.11. The molecule has 0 unspecified atom stereocenters. The molecule has 0 aliphatic carbocycles. The van der Waals surface area contributed by atoms with Crippen molar-refractivity contribution in [2.75, 3.05) is 23.7 Å². The standard InChI is InChI=1S/C14H17ClFN5/c1-9-8-19-14(21-13(9)18-6-2-5-17)20-10-3-4-12(16)11(15)7-10/h3-4,7-8H,2,5-6,17H2,1H3,(H2,18,19,20,21). The van der Waals surface area contributed by atoms with Crippen LogP contribution in [0.15, 0.2) is 24.4 Å². The Morgan fingerprint density at radius 3 is 2.90 bits per heavy atom. The van der Waals surface area contributed by atoms with Gasteiger partial charge in [0, 0.05) is 24.0 Å². The lowest BCUT2D eigenvalue weighted by Crippen LogP contribution is -2.11. The highest BCUT2D eigenvalue weighted by atomic mass is 35.5. The molecule has 0 bridgehead atoms. The number of hydrogen-bond acceptors (Lipinski definition) is 5. The fourth-order valence-corrected chi connectivity index (χ4v) is 1.87. The first-order chi connectivity index (χ1) is 10.1. The number of nitrogens with one attached hydrogen (secondary N) is 2. The summed E-state index contributed by atoms with van der Waals surface area (Å²) in [6.45, 7) is 3.29. The predicted octanol–water partition coefficient (Wildman–Crippen LogP) is 3.08. The van der Waals surface area contributed by atoms with Gasteiger partial charge in [-0.05, 0) is 38.1 Å². The van der Waals surface area contributed by atoms with Crippen molar-refractivity contribution in [2.45, 2.75) is 13.3 Å². The highest BCUT2D eigenvalue weighted by Crippen LogP contribution is 2.22. The highest BCUT2D eigenvalue weighted by Gasteiger charge is 2.05. The zero-order valence-electron chi connectivity index (χ0n) is 11.7. The summed E-state index contributed by atoms with van der Waals surface area (Å²) in [5.41, 5.74) is 7.02. The lowest BCUT2D eigenvalue weighted by atomic mass is 10.3. The lowest BCUT2D eigenvalue weighted by Gasteiger charge is -2.10. The molecule has 0 aliphatic heterocycles. The van der Waals surface area contributed by atoms with Crippen molar-refractivity contribution in [1.29, 1.82) is 0 Å². The van der Waals surface area contributed by atoms with Crippen molar-refractivity contribution in [2.24, 2.45) is 5.73 Å². The Bertz CT molecular complexity index is 620. The van der Waals surface area contributed by atoms with Crippen LogP contribution >= 0.6 is 11.6 Å². The van der Waals surface area contributed by atoms with E-state index in [1.54, 1.807) is 12.3 Å². The molecule has 2 rings (SSSR count). The van der Waals surface area contributed by atoms with E-state index in [1.807, 2.05) is 6.92 Å². The van der Waals surface area contributed by atoms with Crippen molar-refractivity contribution in [3.8, 4) is 0 Å². The summed E-state index contributed by atoms with van der Waals surface area (Å²) in [6, 6.07) is 4.35. The molecule has 0 radical (unpaired) electrons. The molecule has 0 fully saturated rings. The van der Waals surface area contributed by atoms with Crippen LogP contribution in [0.25, 0.3) is 0 Å². The van der Waals surface area contributed by atoms with Crippen molar-refractivity contribution >= 4 is 29.1 Å². The summed E-state index contributed by atoms with van der Waals surface area (Å²) in [4.78, 5) is 8.57. The maximum Gasteiger partial charge on any atom is 0.229 e. The van der Waals surface area contributed by atoms with Crippen LogP contribution in [0.3, 0.4) is 0 Å². The van der Waals surface area contributed by atoms with E-state index in [0.717, 1.165) is 24.3 Å². The van der Waals surface area contributed by atoms with Gasteiger partial charge in [-0.25, -0.2) is 9.37 Å². The maximum absolute atomic E-state index is 13.1. The Balaban J connectivity index is 2.12. The summed E-state index contributed by atoms with van der Waals surface area (Å²) in [5.74, 6) is 0.698. The van der Waals surface area contributed by atoms with E-state index in [9.17, 15) is 4.39 Å². The normalized spacial score (nSPS) is 10.5. The molecule has 0 amide bonds. The Kier molecular flexibility index (Phi) is 5.30. The molecule has 0 atom stereocenters. The molecule has 2 aromatic rings. The van der Waals surface area contributed by atoms with Gasteiger partial charge < -0.3 is 16.4 Å². The minimum atomic E-state index is -0.462. The summed E-state index contributed by atoms with van der Waals surface area (Å²) < 4.78 is 13.1. The predicted molar refractivity (Wildman–Crippen MR) is 83.6 cm³/mol. The Labute approximate surface area is 127 Å². The third-order valence-electron chi connectivity index (χ3n) is 2.82. The Hall–Kier alpha value is -1.92. The van der Waals surface area contributed by atoms with E-state index in [2.05, 4.69) is 20.6 Å². The SMILES string of the molecule is Cc1cnc(Nc2ccc(F)c(Cl)c2)nc1NCCCN. The van der Waals surface area contributed by atoms with E-state index < -0.39 is 5.82 Å². The average Bonchev–Trinajstić information content (AvgIpc) is 2.46. The van der Waals surface area contributed by atoms with Crippen molar-refractivity contribution in [3.05, 3.63) is 40.8 Å². The van der Waals surface area contributed by atoms with Crippen LogP contribution in [0.5, 0.6) is 0 Å². The molecular weight excluding hydrogens is 293 g/mol. The zero-order chi connectivity index (χ0) is 15.2. The Morgan fingerprint density at radius 2 is 2.19 bits per heavy atom. The van der Waals surface area contributed by atoms with Gasteiger partial charge >= 0.3 is 0 Å². The van der Waals surface area contributed by atoms with E-state index in [-0.39, 0.29) is 5.02 Å². The first kappa shape index (κ1) is 15.5. The fraction of sp³-hybridized carbons (Fsp3) is 0.286. The minimum absolute atomic E-state index is 0.0494. The first-order valence-corrected chi connectivity index (χ1v) is 6.97. The second-order valence-corrected chi connectivity index (χ2v) is 4.96. The monoisotopic (exact) mass is 309 g/mol. The van der Waals surface area contributed by atoms with Gasteiger partial charge in [-0.15, -0.1) is 0 Å². The van der Waals surface area contributed by atoms with Crippen molar-refractivity contribution in [3.63, 3.8) is 0 Å². The molecule has 0 saturated heterocycles. The van der Waals surface area contributed by atoms with Crippen molar-refractivity contribution < 1.29 is 4.39 Å². The summed E-state index contributed by atoms with van der Waals surface area (Å²) in [5, 5.41) is 6.24. The molecule has 1 aromatic heterocycles. The number of anilines is 3. The first-order valence-electron chi connectivity index (χ1n) is 6.60. The number of aromatic nitrogens is 2. The van der Waals surface area contributed by atoms with Gasteiger partial charge in [0.1, 0.15) is 11.6 Å². The highest BCUT2D eigenvalue weighted by molar-refractivity contribution is 6.31. The molecule has 1 heterocycles. The van der Waals surface area contributed by atoms with E-state index >= 15 is 0 Å². The van der Waals surface area contributed by atoms with Crippen LogP contribution in [0, 0.1) is 12.7 Å². The fourth-order valence-electron chi connectivity index (χ4n) is 1.69. The zero-order valence-corrected chi connectivity index (χ0v) is 12.4. The van der Waals surface area contributed by atoms with Gasteiger partial charge in [-0.3, -0.25) is 0 Å². The molecular formula is C14H17ClFN5. The molecule has 7 heteroatoms. The number of aryl methyl sites for hydroxylation is 1. The van der Waals surface area contributed by atoms with Gasteiger partial charge in [0.25, 0.3) is 0 Å². The molecule has 0 spiro atoms. The quantitative estimate of drug-likeness (QED) is 0.715. The van der Waals surface area contributed by atoms with Crippen LogP contribution in [0.4, 0.5) is 21.8 Å². The minimum Gasteiger partial charge on any atom is -0.370 e. The second-order valence-electron chi connectivity index (χ2n) is 4.55. The van der Waals surface area contributed by atoms with Gasteiger partial charge in [0.05, 0.1) is 5.02 Å². The van der Waals surface area contributed by atoms with Gasteiger partial charge in [-0.1, -0.05) is 11.6 Å². The van der Waals surface area contributed by atoms with Gasteiger partial charge in [-0.2, -0.15) is 4.98 Å². The Morgan fingerprint density at radius 1 is 1.38 bits per heavy atom. The summed E-state index contributed by atoms with van der Waals surface area (Å²) in [7, 11) is 0. The topological polar surface area (TPSA) is 75.9 Å². The molecule has 5 nitrogen and oxygen atoms in total. The number of hydrogen-bond donors (Lipinski definition) is 3. The van der Waals surface area contributed by atoms with Gasteiger partial charge in [0.2, 0.25) is 5.95 Å². The molecule has 0 saturated carbocycles. The lowest BCUT2D eigenvalue weighted by molar-refractivity contribution is 0.628. The number of nitrogens with two attached hydrogens (primary N) is 1. The number of halogens is 2. The van der Waals surface area contributed by atoms with Crippen LogP contribution < -0.4 is 16.4 Å². The second kappa shape index (κ2) is 7.19. The van der Waals surface area contributed by atoms with Crippen LogP contribution in [-0.2, 0) is 0 Å². The summed E-state index contributed by atoms with van der Waals surface area (Å²) in [6.07, 6.45) is 2.57. The molecule has 4 N–H and O–H groups in total. The third kappa shape index (κ3) is 4.27. The van der Waals surface area contributed by atoms with Crippen LogP contribution in [0.2, 0.25) is 5.02 Å². The van der Waals surface area contributed by atoms with E-state index in [4.69, 9.17) is 17.3 Å². The molecule has 21 heavy (non-hydrogen) atoms. The number of nitrogens with zero attached hydrogens (tertiary/aromatic N) is 2. The van der Waals surface area contributed by atoms with Crippen LogP contribution in [0.1, 0.15) is 12.0 Å². The smallest absolute Gasteiger partial charge is 0.229 e. The summed E-state index contributed by atoms with van der Waals surface area (Å²) >= 11 is 5.74. The molecule has 1 aromatic carbocycles.